The summed E-state index contributed by atoms with van der Waals surface area (Å²) in [6, 6.07) is 8.45. The second-order valence-electron chi connectivity index (χ2n) is 6.26. The molecule has 1 aromatic heterocycles. The lowest BCUT2D eigenvalue weighted by molar-refractivity contribution is -0.119. The number of aryl methyl sites for hydroxylation is 1. The first kappa shape index (κ1) is 17.1. The number of aromatic nitrogens is 1. The van der Waals surface area contributed by atoms with Crippen molar-refractivity contribution in [3.05, 3.63) is 46.5 Å². The molecule has 1 fully saturated rings. The molecule has 1 amide bonds. The van der Waals surface area contributed by atoms with Crippen LogP contribution in [-0.2, 0) is 16.0 Å². The Kier molecular flexibility index (Phi) is 5.60. The molecule has 1 unspecified atom stereocenters. The number of thiazole rings is 1. The van der Waals surface area contributed by atoms with Crippen LogP contribution >= 0.6 is 11.3 Å². The molecule has 2 heterocycles. The van der Waals surface area contributed by atoms with Crippen LogP contribution in [0, 0.1) is 6.92 Å². The standard InChI is InChI=1S/C18H23N3O2S/c1-13-4-3-5-15(8-13)9-16-10-19-18(24-16)20-17(22)12-21-6-7-23-14(2)11-21/h3-5,8,10,14H,6-7,9,11-12H2,1-2H3,(H,19,20,22). The van der Waals surface area contributed by atoms with Crippen molar-refractivity contribution in [1.82, 2.24) is 9.88 Å². The van der Waals surface area contributed by atoms with E-state index in [4.69, 9.17) is 4.74 Å². The second kappa shape index (κ2) is 7.88. The summed E-state index contributed by atoms with van der Waals surface area (Å²) < 4.78 is 5.49. The van der Waals surface area contributed by atoms with Gasteiger partial charge < -0.3 is 10.1 Å². The third kappa shape index (κ3) is 4.87. The van der Waals surface area contributed by atoms with Crippen LogP contribution in [0.2, 0.25) is 0 Å². The smallest absolute Gasteiger partial charge is 0.240 e. The van der Waals surface area contributed by atoms with E-state index in [0.29, 0.717) is 18.3 Å². The van der Waals surface area contributed by atoms with Gasteiger partial charge in [0.2, 0.25) is 5.91 Å². The lowest BCUT2D eigenvalue weighted by Gasteiger charge is -2.30. The lowest BCUT2D eigenvalue weighted by Crippen LogP contribution is -2.44. The fourth-order valence-corrected chi connectivity index (χ4v) is 3.73. The van der Waals surface area contributed by atoms with Crippen LogP contribution in [0.5, 0.6) is 0 Å². The number of hydrogen-bond donors (Lipinski definition) is 1. The van der Waals surface area contributed by atoms with E-state index in [-0.39, 0.29) is 12.0 Å². The zero-order valence-electron chi connectivity index (χ0n) is 14.1. The minimum atomic E-state index is -0.0134. The maximum absolute atomic E-state index is 12.2. The highest BCUT2D eigenvalue weighted by Gasteiger charge is 2.19. The number of carbonyl (C=O) groups is 1. The van der Waals surface area contributed by atoms with Crippen molar-refractivity contribution in [3.63, 3.8) is 0 Å². The van der Waals surface area contributed by atoms with Crippen molar-refractivity contribution in [3.8, 4) is 0 Å². The molecule has 1 aliphatic heterocycles. The predicted molar refractivity (Wildman–Crippen MR) is 96.6 cm³/mol. The number of anilines is 1. The summed E-state index contributed by atoms with van der Waals surface area (Å²) in [5.41, 5.74) is 2.52. The summed E-state index contributed by atoms with van der Waals surface area (Å²) in [5.74, 6) is -0.0134. The summed E-state index contributed by atoms with van der Waals surface area (Å²) in [6.07, 6.45) is 2.88. The van der Waals surface area contributed by atoms with Crippen LogP contribution < -0.4 is 5.32 Å². The van der Waals surface area contributed by atoms with E-state index in [1.165, 1.54) is 22.5 Å². The van der Waals surface area contributed by atoms with E-state index < -0.39 is 0 Å². The molecule has 1 N–H and O–H groups in total. The summed E-state index contributed by atoms with van der Waals surface area (Å²) in [4.78, 5) is 19.8. The number of morpholine rings is 1. The molecule has 6 heteroatoms. The molecule has 0 saturated carbocycles. The third-order valence-electron chi connectivity index (χ3n) is 3.95. The van der Waals surface area contributed by atoms with E-state index in [1.807, 2.05) is 13.1 Å². The molecule has 0 spiro atoms. The van der Waals surface area contributed by atoms with Gasteiger partial charge in [-0.3, -0.25) is 9.69 Å². The molecule has 0 radical (unpaired) electrons. The zero-order chi connectivity index (χ0) is 16.9. The number of amides is 1. The minimum Gasteiger partial charge on any atom is -0.376 e. The SMILES string of the molecule is Cc1cccc(Cc2cnc(NC(=O)CN3CCOC(C)C3)s2)c1. The van der Waals surface area contributed by atoms with Crippen LogP contribution in [0.1, 0.15) is 22.9 Å². The molecule has 128 valence electrons. The van der Waals surface area contributed by atoms with E-state index in [9.17, 15) is 4.79 Å². The molecule has 0 aliphatic carbocycles. The van der Waals surface area contributed by atoms with Gasteiger partial charge in [-0.2, -0.15) is 0 Å². The van der Waals surface area contributed by atoms with Gasteiger partial charge in [-0.1, -0.05) is 29.8 Å². The van der Waals surface area contributed by atoms with Gasteiger partial charge in [0.05, 0.1) is 19.3 Å². The zero-order valence-corrected chi connectivity index (χ0v) is 14.9. The van der Waals surface area contributed by atoms with Crippen molar-refractivity contribution >= 4 is 22.4 Å². The highest BCUT2D eigenvalue weighted by Crippen LogP contribution is 2.21. The average Bonchev–Trinajstić information content (AvgIpc) is 2.94. The number of nitrogens with zero attached hydrogens (tertiary/aromatic N) is 2. The molecule has 0 bridgehead atoms. The number of nitrogens with one attached hydrogen (secondary N) is 1. The molecular formula is C18H23N3O2S. The summed E-state index contributed by atoms with van der Waals surface area (Å²) >= 11 is 1.54. The van der Waals surface area contributed by atoms with Gasteiger partial charge in [-0.15, -0.1) is 11.3 Å². The Morgan fingerprint density at radius 1 is 1.50 bits per heavy atom. The fraction of sp³-hybridized carbons (Fsp3) is 0.444. The van der Waals surface area contributed by atoms with Crippen molar-refractivity contribution < 1.29 is 9.53 Å². The Balaban J connectivity index is 1.52. The average molecular weight is 345 g/mol. The molecule has 24 heavy (non-hydrogen) atoms. The normalized spacial score (nSPS) is 18.5. The molecular weight excluding hydrogens is 322 g/mol. The van der Waals surface area contributed by atoms with E-state index >= 15 is 0 Å². The van der Waals surface area contributed by atoms with Gasteiger partial charge in [-0.25, -0.2) is 4.98 Å². The van der Waals surface area contributed by atoms with Crippen LogP contribution in [0.15, 0.2) is 30.5 Å². The molecule has 2 aromatic rings. The van der Waals surface area contributed by atoms with Crippen molar-refractivity contribution in [2.24, 2.45) is 0 Å². The highest BCUT2D eigenvalue weighted by molar-refractivity contribution is 7.15. The monoisotopic (exact) mass is 345 g/mol. The topological polar surface area (TPSA) is 54.5 Å². The van der Waals surface area contributed by atoms with Crippen molar-refractivity contribution in [1.29, 1.82) is 0 Å². The largest absolute Gasteiger partial charge is 0.376 e. The van der Waals surface area contributed by atoms with Gasteiger partial charge in [0.1, 0.15) is 0 Å². The maximum atomic E-state index is 12.2. The van der Waals surface area contributed by atoms with E-state index in [0.717, 1.165) is 24.4 Å². The molecule has 5 nitrogen and oxygen atoms in total. The molecule has 1 saturated heterocycles. The Labute approximate surface area is 146 Å². The predicted octanol–water partition coefficient (Wildman–Crippen LogP) is 2.70. The van der Waals surface area contributed by atoms with Crippen molar-refractivity contribution in [2.45, 2.75) is 26.4 Å². The van der Waals surface area contributed by atoms with Gasteiger partial charge in [0, 0.05) is 30.6 Å². The maximum Gasteiger partial charge on any atom is 0.240 e. The first-order chi connectivity index (χ1) is 11.6. The molecule has 3 rings (SSSR count). The Bertz CT molecular complexity index is 701. The summed E-state index contributed by atoms with van der Waals surface area (Å²) in [5, 5.41) is 3.58. The molecule has 1 aromatic carbocycles. The van der Waals surface area contributed by atoms with E-state index in [1.54, 1.807) is 0 Å². The molecule has 1 aliphatic rings. The lowest BCUT2D eigenvalue weighted by atomic mass is 10.1. The van der Waals surface area contributed by atoms with Crippen LogP contribution in [0.25, 0.3) is 0 Å². The number of ether oxygens (including phenoxy) is 1. The van der Waals surface area contributed by atoms with Gasteiger partial charge >= 0.3 is 0 Å². The number of carbonyl (C=O) groups excluding carboxylic acids is 1. The molecule has 1 atom stereocenters. The summed E-state index contributed by atoms with van der Waals surface area (Å²) in [6.45, 7) is 6.79. The minimum absolute atomic E-state index is 0.0134. The van der Waals surface area contributed by atoms with Gasteiger partial charge in [0.15, 0.2) is 5.13 Å². The third-order valence-corrected chi connectivity index (χ3v) is 4.87. The van der Waals surface area contributed by atoms with Crippen LogP contribution in [-0.4, -0.2) is 48.1 Å². The second-order valence-corrected chi connectivity index (χ2v) is 7.38. The van der Waals surface area contributed by atoms with Gasteiger partial charge in [-0.05, 0) is 19.4 Å². The number of rotatable bonds is 5. The first-order valence-corrected chi connectivity index (χ1v) is 9.04. The Morgan fingerprint density at radius 3 is 3.17 bits per heavy atom. The number of hydrogen-bond acceptors (Lipinski definition) is 5. The van der Waals surface area contributed by atoms with Crippen LogP contribution in [0.4, 0.5) is 5.13 Å². The Hall–Kier alpha value is -1.76. The number of benzene rings is 1. The Morgan fingerprint density at radius 2 is 2.38 bits per heavy atom. The first-order valence-electron chi connectivity index (χ1n) is 8.22. The fourth-order valence-electron chi connectivity index (χ4n) is 2.87. The van der Waals surface area contributed by atoms with E-state index in [2.05, 4.69) is 46.4 Å². The van der Waals surface area contributed by atoms with Crippen LogP contribution in [0.3, 0.4) is 0 Å². The highest BCUT2D eigenvalue weighted by atomic mass is 32.1. The quantitative estimate of drug-likeness (QED) is 0.905. The van der Waals surface area contributed by atoms with Crippen molar-refractivity contribution in [2.75, 3.05) is 31.6 Å². The van der Waals surface area contributed by atoms with Gasteiger partial charge in [0.25, 0.3) is 0 Å². The summed E-state index contributed by atoms with van der Waals surface area (Å²) in [7, 11) is 0.